The van der Waals surface area contributed by atoms with Crippen LogP contribution in [0.15, 0.2) is 31.0 Å². The summed E-state index contributed by atoms with van der Waals surface area (Å²) in [6.45, 7) is 0. The Bertz CT molecular complexity index is 463. The Labute approximate surface area is 92.0 Å². The number of aromatic nitrogens is 4. The molecule has 0 aromatic carbocycles. The molecular weight excluding hydrogens is 208 g/mol. The van der Waals surface area contributed by atoms with Crippen molar-refractivity contribution in [3.63, 3.8) is 0 Å². The summed E-state index contributed by atoms with van der Waals surface area (Å²) in [5.74, 6) is 0.396. The largest absolute Gasteiger partial charge is 0.481 e. The lowest BCUT2D eigenvalue weighted by molar-refractivity contribution is 0.209. The minimum Gasteiger partial charge on any atom is -0.481 e. The third-order valence-electron chi connectivity index (χ3n) is 2.02. The van der Waals surface area contributed by atoms with Crippen LogP contribution in [-0.4, -0.2) is 32.2 Å². The predicted octanol–water partition coefficient (Wildman–Crippen LogP) is 0.357. The summed E-state index contributed by atoms with van der Waals surface area (Å²) in [7, 11) is 1.50. The fraction of sp³-hybridized carbons (Fsp3) is 0.200. The maximum Gasteiger partial charge on any atom is 0.216 e. The van der Waals surface area contributed by atoms with E-state index in [9.17, 15) is 5.11 Å². The zero-order valence-corrected chi connectivity index (χ0v) is 8.61. The molecule has 0 aliphatic carbocycles. The molecular formula is C10H10N4O2. The van der Waals surface area contributed by atoms with E-state index in [-0.39, 0.29) is 0 Å². The molecule has 82 valence electrons. The lowest BCUT2D eigenvalue weighted by atomic mass is 10.2. The van der Waals surface area contributed by atoms with Gasteiger partial charge in [-0.15, -0.1) is 0 Å². The number of methoxy groups -OCH3 is 1. The van der Waals surface area contributed by atoms with Crippen LogP contribution in [-0.2, 0) is 0 Å². The number of aliphatic hydroxyl groups excluding tert-OH is 1. The molecule has 6 nitrogen and oxygen atoms in total. The minimum atomic E-state index is -0.925. The molecule has 0 bridgehead atoms. The number of hydrogen-bond acceptors (Lipinski definition) is 6. The van der Waals surface area contributed by atoms with E-state index in [1.807, 2.05) is 0 Å². The van der Waals surface area contributed by atoms with Crippen LogP contribution in [0.2, 0.25) is 0 Å². The second-order valence-electron chi connectivity index (χ2n) is 3.02. The summed E-state index contributed by atoms with van der Waals surface area (Å²) in [4.78, 5) is 15.7. The second-order valence-corrected chi connectivity index (χ2v) is 3.02. The number of hydrogen-bond donors (Lipinski definition) is 1. The highest BCUT2D eigenvalue weighted by Gasteiger charge is 2.14. The van der Waals surface area contributed by atoms with Gasteiger partial charge in [0.15, 0.2) is 0 Å². The maximum absolute atomic E-state index is 9.96. The zero-order valence-electron chi connectivity index (χ0n) is 8.61. The van der Waals surface area contributed by atoms with Gasteiger partial charge in [0.1, 0.15) is 12.4 Å². The van der Waals surface area contributed by atoms with Gasteiger partial charge in [-0.2, -0.15) is 0 Å². The molecule has 0 aliphatic rings. The van der Waals surface area contributed by atoms with Crippen molar-refractivity contribution in [3.8, 4) is 5.88 Å². The maximum atomic E-state index is 9.96. The average Bonchev–Trinajstić information content (AvgIpc) is 2.39. The number of ether oxygens (including phenoxy) is 1. The molecule has 2 rings (SSSR count). The molecule has 0 fully saturated rings. The first-order valence-electron chi connectivity index (χ1n) is 4.61. The van der Waals surface area contributed by atoms with Crippen LogP contribution in [0.5, 0.6) is 5.88 Å². The Kier molecular flexibility index (Phi) is 3.02. The van der Waals surface area contributed by atoms with Crippen molar-refractivity contribution in [3.05, 3.63) is 42.4 Å². The van der Waals surface area contributed by atoms with Gasteiger partial charge >= 0.3 is 0 Å². The van der Waals surface area contributed by atoms with Gasteiger partial charge in [-0.25, -0.2) is 9.97 Å². The third kappa shape index (κ3) is 2.12. The first kappa shape index (κ1) is 10.4. The molecule has 0 amide bonds. The first-order valence-corrected chi connectivity index (χ1v) is 4.61. The van der Waals surface area contributed by atoms with Gasteiger partial charge in [-0.05, 0) is 0 Å². The highest BCUT2D eigenvalue weighted by molar-refractivity contribution is 5.21. The molecule has 2 heterocycles. The van der Waals surface area contributed by atoms with E-state index >= 15 is 0 Å². The first-order chi connectivity index (χ1) is 7.81. The summed E-state index contributed by atoms with van der Waals surface area (Å²) < 4.78 is 4.94. The Morgan fingerprint density at radius 1 is 1.19 bits per heavy atom. The lowest BCUT2D eigenvalue weighted by Gasteiger charge is -2.09. The van der Waals surface area contributed by atoms with E-state index in [2.05, 4.69) is 19.9 Å². The average molecular weight is 218 g/mol. The van der Waals surface area contributed by atoms with Crippen molar-refractivity contribution < 1.29 is 9.84 Å². The topological polar surface area (TPSA) is 81.0 Å². The monoisotopic (exact) mass is 218 g/mol. The van der Waals surface area contributed by atoms with E-state index < -0.39 is 6.10 Å². The summed E-state index contributed by atoms with van der Waals surface area (Å²) >= 11 is 0. The van der Waals surface area contributed by atoms with Crippen molar-refractivity contribution >= 4 is 0 Å². The highest BCUT2D eigenvalue weighted by atomic mass is 16.5. The molecule has 2 aromatic heterocycles. The van der Waals surface area contributed by atoms with Crippen molar-refractivity contribution in [2.24, 2.45) is 0 Å². The van der Waals surface area contributed by atoms with Crippen LogP contribution in [0, 0.1) is 0 Å². The molecule has 16 heavy (non-hydrogen) atoms. The van der Waals surface area contributed by atoms with Gasteiger partial charge in [0.2, 0.25) is 5.88 Å². The number of aliphatic hydroxyl groups is 1. The van der Waals surface area contributed by atoms with Gasteiger partial charge in [-0.3, -0.25) is 9.97 Å². The minimum absolute atomic E-state index is 0.396. The third-order valence-corrected chi connectivity index (χ3v) is 2.02. The highest BCUT2D eigenvalue weighted by Crippen LogP contribution is 2.19. The van der Waals surface area contributed by atoms with E-state index in [0.29, 0.717) is 17.3 Å². The Balaban J connectivity index is 2.30. The van der Waals surface area contributed by atoms with Gasteiger partial charge in [-0.1, -0.05) is 0 Å². The van der Waals surface area contributed by atoms with Crippen LogP contribution in [0.1, 0.15) is 17.5 Å². The van der Waals surface area contributed by atoms with Crippen LogP contribution < -0.4 is 4.74 Å². The smallest absolute Gasteiger partial charge is 0.216 e. The van der Waals surface area contributed by atoms with Crippen LogP contribution in [0.4, 0.5) is 0 Å². The van der Waals surface area contributed by atoms with Crippen molar-refractivity contribution in [1.29, 1.82) is 0 Å². The molecule has 6 heteroatoms. The molecule has 1 atom stereocenters. The van der Waals surface area contributed by atoms with Gasteiger partial charge < -0.3 is 9.84 Å². The second kappa shape index (κ2) is 4.63. The van der Waals surface area contributed by atoms with Crippen LogP contribution in [0.25, 0.3) is 0 Å². The summed E-state index contributed by atoms with van der Waals surface area (Å²) in [5.41, 5.74) is 0.857. The molecule has 0 spiro atoms. The Morgan fingerprint density at radius 3 is 2.75 bits per heavy atom. The van der Waals surface area contributed by atoms with E-state index in [4.69, 9.17) is 4.74 Å². The Hall–Kier alpha value is -2.08. The number of nitrogens with zero attached hydrogens (tertiary/aromatic N) is 4. The standard InChI is InChI=1S/C10H10N4O2/c1-16-9-4-7(13-6-14-9)10(15)8-5-11-2-3-12-8/h2-6,10,15H,1H3. The SMILES string of the molecule is COc1cc(C(O)c2cnccn2)ncn1. The molecule has 1 unspecified atom stereocenters. The summed E-state index contributed by atoms with van der Waals surface area (Å²) in [6.07, 6.45) is 4.94. The predicted molar refractivity (Wildman–Crippen MR) is 54.7 cm³/mol. The van der Waals surface area contributed by atoms with Gasteiger partial charge in [0.25, 0.3) is 0 Å². The lowest BCUT2D eigenvalue weighted by Crippen LogP contribution is -2.05. The summed E-state index contributed by atoms with van der Waals surface area (Å²) in [5, 5.41) is 9.96. The molecule has 0 saturated carbocycles. The fourth-order valence-corrected chi connectivity index (χ4v) is 1.22. The van der Waals surface area contributed by atoms with Crippen molar-refractivity contribution in [2.75, 3.05) is 7.11 Å². The quantitative estimate of drug-likeness (QED) is 0.800. The van der Waals surface area contributed by atoms with Crippen LogP contribution in [0.3, 0.4) is 0 Å². The molecule has 1 N–H and O–H groups in total. The number of rotatable bonds is 3. The van der Waals surface area contributed by atoms with Gasteiger partial charge in [0, 0.05) is 18.5 Å². The fourth-order valence-electron chi connectivity index (χ4n) is 1.22. The molecule has 0 aliphatic heterocycles. The zero-order chi connectivity index (χ0) is 11.4. The van der Waals surface area contributed by atoms with Crippen LogP contribution >= 0.6 is 0 Å². The molecule has 2 aromatic rings. The molecule has 0 radical (unpaired) electrons. The van der Waals surface area contributed by atoms with Crippen molar-refractivity contribution in [2.45, 2.75) is 6.10 Å². The van der Waals surface area contributed by atoms with Crippen molar-refractivity contribution in [1.82, 2.24) is 19.9 Å². The normalized spacial score (nSPS) is 12.1. The molecule has 0 saturated heterocycles. The van der Waals surface area contributed by atoms with E-state index in [1.165, 1.54) is 32.0 Å². The van der Waals surface area contributed by atoms with Gasteiger partial charge in [0.05, 0.1) is 24.7 Å². The van der Waals surface area contributed by atoms with E-state index in [0.717, 1.165) is 0 Å². The summed E-state index contributed by atoms with van der Waals surface area (Å²) in [6, 6.07) is 1.55. The Morgan fingerprint density at radius 2 is 2.06 bits per heavy atom. The van der Waals surface area contributed by atoms with E-state index in [1.54, 1.807) is 6.07 Å².